The molecule has 0 saturated heterocycles. The molecule has 0 unspecified atom stereocenters. The quantitative estimate of drug-likeness (QED) is 0.857. The summed E-state index contributed by atoms with van der Waals surface area (Å²) >= 11 is 0. The summed E-state index contributed by atoms with van der Waals surface area (Å²) in [6.07, 6.45) is 1.73. The maximum atomic E-state index is 12.7. The van der Waals surface area contributed by atoms with Crippen molar-refractivity contribution in [3.63, 3.8) is 0 Å². The Morgan fingerprint density at radius 1 is 1.19 bits per heavy atom. The van der Waals surface area contributed by atoms with Gasteiger partial charge in [0.2, 0.25) is 0 Å². The topological polar surface area (TPSA) is 56.3 Å². The number of rotatable bonds is 6. The molecule has 0 fully saturated rings. The first-order chi connectivity index (χ1) is 10.1. The third kappa shape index (κ3) is 3.73. The fourth-order valence-corrected chi connectivity index (χ4v) is 2.41. The first-order valence-corrected chi connectivity index (χ1v) is 7.22. The highest BCUT2D eigenvalue weighted by Crippen LogP contribution is 2.17. The lowest BCUT2D eigenvalue weighted by Gasteiger charge is -2.33. The number of aromatic amines is 1. The van der Waals surface area contributed by atoms with E-state index in [-0.39, 0.29) is 24.5 Å². The second-order valence-electron chi connectivity index (χ2n) is 5.50. The van der Waals surface area contributed by atoms with Gasteiger partial charge in [0.15, 0.2) is 0 Å². The Hall–Kier alpha value is -2.07. The minimum absolute atomic E-state index is 0.0447. The number of aromatic nitrogens is 1. The van der Waals surface area contributed by atoms with Gasteiger partial charge in [0.05, 0.1) is 12.6 Å². The average molecular weight is 286 g/mol. The van der Waals surface area contributed by atoms with Gasteiger partial charge in [-0.1, -0.05) is 44.2 Å². The van der Waals surface area contributed by atoms with Gasteiger partial charge in [0.25, 0.3) is 5.91 Å². The first kappa shape index (κ1) is 15.3. The van der Waals surface area contributed by atoms with Crippen molar-refractivity contribution >= 4 is 5.91 Å². The third-order valence-corrected chi connectivity index (χ3v) is 3.64. The highest BCUT2D eigenvalue weighted by atomic mass is 16.3. The number of aliphatic hydroxyl groups excluding tert-OH is 1. The second-order valence-corrected chi connectivity index (χ2v) is 5.50. The van der Waals surface area contributed by atoms with Crippen molar-refractivity contribution in [2.75, 3.05) is 6.61 Å². The Labute approximate surface area is 125 Å². The summed E-state index contributed by atoms with van der Waals surface area (Å²) in [5.74, 6) is 0.0919. The highest BCUT2D eigenvalue weighted by molar-refractivity contribution is 5.92. The fourth-order valence-electron chi connectivity index (χ4n) is 2.41. The molecule has 21 heavy (non-hydrogen) atoms. The monoisotopic (exact) mass is 286 g/mol. The number of hydrogen-bond donors (Lipinski definition) is 2. The summed E-state index contributed by atoms with van der Waals surface area (Å²) in [5, 5.41) is 9.69. The van der Waals surface area contributed by atoms with Gasteiger partial charge in [-0.15, -0.1) is 0 Å². The Balaban J connectivity index is 2.27. The number of benzene rings is 1. The third-order valence-electron chi connectivity index (χ3n) is 3.64. The summed E-state index contributed by atoms with van der Waals surface area (Å²) in [7, 11) is 0. The van der Waals surface area contributed by atoms with Gasteiger partial charge < -0.3 is 15.0 Å². The molecule has 0 saturated carbocycles. The standard InChI is InChI=1S/C17H22N2O2/c1-13(2)16(12-20)19(11-14-7-4-3-5-8-14)17(21)15-9-6-10-18-15/h3-10,13,16,18,20H,11-12H2,1-2H3/t16-/m0/s1. The van der Waals surface area contributed by atoms with Crippen LogP contribution in [0.4, 0.5) is 0 Å². The maximum Gasteiger partial charge on any atom is 0.270 e. The minimum Gasteiger partial charge on any atom is -0.394 e. The van der Waals surface area contributed by atoms with E-state index in [1.54, 1.807) is 23.2 Å². The van der Waals surface area contributed by atoms with Gasteiger partial charge in [-0.3, -0.25) is 4.79 Å². The van der Waals surface area contributed by atoms with E-state index in [9.17, 15) is 9.90 Å². The van der Waals surface area contributed by atoms with Crippen molar-refractivity contribution in [3.05, 3.63) is 59.9 Å². The number of carbonyl (C=O) groups excluding carboxylic acids is 1. The van der Waals surface area contributed by atoms with E-state index in [1.165, 1.54) is 0 Å². The fraction of sp³-hybridized carbons (Fsp3) is 0.353. The molecule has 0 radical (unpaired) electrons. The smallest absolute Gasteiger partial charge is 0.270 e. The molecule has 0 aliphatic heterocycles. The van der Waals surface area contributed by atoms with E-state index < -0.39 is 0 Å². The molecule has 2 N–H and O–H groups in total. The van der Waals surface area contributed by atoms with Crippen molar-refractivity contribution in [2.45, 2.75) is 26.4 Å². The normalized spacial score (nSPS) is 12.4. The highest BCUT2D eigenvalue weighted by Gasteiger charge is 2.27. The van der Waals surface area contributed by atoms with Crippen molar-refractivity contribution < 1.29 is 9.90 Å². The summed E-state index contributed by atoms with van der Waals surface area (Å²) < 4.78 is 0. The molecule has 2 rings (SSSR count). The molecule has 0 spiro atoms. The first-order valence-electron chi connectivity index (χ1n) is 7.22. The van der Waals surface area contributed by atoms with Crippen LogP contribution in [0, 0.1) is 5.92 Å². The Bertz CT molecular complexity index is 549. The largest absolute Gasteiger partial charge is 0.394 e. The molecule has 4 heteroatoms. The van der Waals surface area contributed by atoms with Crippen LogP contribution in [0.1, 0.15) is 29.9 Å². The molecule has 1 aromatic carbocycles. The van der Waals surface area contributed by atoms with Crippen molar-refractivity contribution in [3.8, 4) is 0 Å². The molecule has 2 aromatic rings. The van der Waals surface area contributed by atoms with Gasteiger partial charge in [-0.05, 0) is 23.6 Å². The van der Waals surface area contributed by atoms with Crippen LogP contribution in [0.2, 0.25) is 0 Å². The van der Waals surface area contributed by atoms with Crippen LogP contribution in [0.25, 0.3) is 0 Å². The Kier molecular flexibility index (Phi) is 5.17. The zero-order valence-electron chi connectivity index (χ0n) is 12.5. The van der Waals surface area contributed by atoms with Crippen LogP contribution in [0.15, 0.2) is 48.7 Å². The average Bonchev–Trinajstić information content (AvgIpc) is 3.01. The second kappa shape index (κ2) is 7.09. The van der Waals surface area contributed by atoms with Crippen LogP contribution in [-0.4, -0.2) is 33.5 Å². The number of nitrogens with zero attached hydrogens (tertiary/aromatic N) is 1. The number of aliphatic hydroxyl groups is 1. The van der Waals surface area contributed by atoms with E-state index >= 15 is 0 Å². The number of H-pyrrole nitrogens is 1. The molecule has 1 heterocycles. The molecule has 1 atom stereocenters. The Morgan fingerprint density at radius 3 is 2.43 bits per heavy atom. The Morgan fingerprint density at radius 2 is 1.90 bits per heavy atom. The van der Waals surface area contributed by atoms with E-state index in [4.69, 9.17) is 0 Å². The maximum absolute atomic E-state index is 12.7. The van der Waals surface area contributed by atoms with E-state index in [2.05, 4.69) is 4.98 Å². The minimum atomic E-state index is -0.207. The summed E-state index contributed by atoms with van der Waals surface area (Å²) in [5.41, 5.74) is 1.60. The van der Waals surface area contributed by atoms with Crippen LogP contribution < -0.4 is 0 Å². The molecule has 1 aromatic heterocycles. The molecular formula is C17H22N2O2. The van der Waals surface area contributed by atoms with Crippen LogP contribution in [0.5, 0.6) is 0 Å². The van der Waals surface area contributed by atoms with E-state index in [0.717, 1.165) is 5.56 Å². The molecule has 0 aliphatic carbocycles. The SMILES string of the molecule is CC(C)[C@H](CO)N(Cc1ccccc1)C(=O)c1ccc[nH]1. The van der Waals surface area contributed by atoms with Crippen LogP contribution >= 0.6 is 0 Å². The molecular weight excluding hydrogens is 264 g/mol. The molecule has 4 nitrogen and oxygen atoms in total. The predicted molar refractivity (Wildman–Crippen MR) is 82.8 cm³/mol. The van der Waals surface area contributed by atoms with Gasteiger partial charge in [0, 0.05) is 12.7 Å². The molecule has 1 amide bonds. The number of carbonyl (C=O) groups is 1. The van der Waals surface area contributed by atoms with E-state index in [1.807, 2.05) is 44.2 Å². The molecule has 0 bridgehead atoms. The van der Waals surface area contributed by atoms with Gasteiger partial charge >= 0.3 is 0 Å². The lowest BCUT2D eigenvalue weighted by molar-refractivity contribution is 0.0477. The predicted octanol–water partition coefficient (Wildman–Crippen LogP) is 2.67. The number of nitrogens with one attached hydrogen (secondary N) is 1. The number of amides is 1. The van der Waals surface area contributed by atoms with Crippen LogP contribution in [-0.2, 0) is 6.54 Å². The lowest BCUT2D eigenvalue weighted by Crippen LogP contribution is -2.45. The lowest BCUT2D eigenvalue weighted by atomic mass is 10.0. The summed E-state index contributed by atoms with van der Waals surface area (Å²) in [4.78, 5) is 17.4. The summed E-state index contributed by atoms with van der Waals surface area (Å²) in [6, 6.07) is 13.2. The van der Waals surface area contributed by atoms with Gasteiger partial charge in [0.1, 0.15) is 5.69 Å². The van der Waals surface area contributed by atoms with Crippen molar-refractivity contribution in [1.82, 2.24) is 9.88 Å². The molecule has 112 valence electrons. The van der Waals surface area contributed by atoms with Gasteiger partial charge in [-0.2, -0.15) is 0 Å². The van der Waals surface area contributed by atoms with Crippen molar-refractivity contribution in [2.24, 2.45) is 5.92 Å². The van der Waals surface area contributed by atoms with E-state index in [0.29, 0.717) is 12.2 Å². The zero-order valence-corrected chi connectivity index (χ0v) is 12.5. The van der Waals surface area contributed by atoms with Gasteiger partial charge in [-0.25, -0.2) is 0 Å². The molecule has 0 aliphatic rings. The summed E-state index contributed by atoms with van der Waals surface area (Å²) in [6.45, 7) is 4.47. The number of hydrogen-bond acceptors (Lipinski definition) is 2. The van der Waals surface area contributed by atoms with Crippen molar-refractivity contribution in [1.29, 1.82) is 0 Å². The zero-order chi connectivity index (χ0) is 15.2. The van der Waals surface area contributed by atoms with Crippen LogP contribution in [0.3, 0.4) is 0 Å².